The summed E-state index contributed by atoms with van der Waals surface area (Å²) in [6.45, 7) is 0. The van der Waals surface area contributed by atoms with Gasteiger partial charge in [-0.25, -0.2) is 0 Å². The van der Waals surface area contributed by atoms with E-state index in [-0.39, 0.29) is 0 Å². The van der Waals surface area contributed by atoms with Crippen molar-refractivity contribution >= 4 is 21.0 Å². The summed E-state index contributed by atoms with van der Waals surface area (Å²) < 4.78 is 35.4. The minimum absolute atomic E-state index is 0.494. The van der Waals surface area contributed by atoms with Crippen LogP contribution in [0.25, 0.3) is 6.08 Å². The van der Waals surface area contributed by atoms with Gasteiger partial charge in [-0.3, -0.25) is 0 Å². The molecular weight excluding hydrogens is 270 g/mol. The first-order chi connectivity index (χ1) is 7.01. The van der Waals surface area contributed by atoms with Crippen LogP contribution in [0.1, 0.15) is 11.1 Å². The molecule has 5 heteroatoms. The van der Waals surface area contributed by atoms with E-state index in [1.54, 1.807) is 24.3 Å². The maximum atomic E-state index is 11.8. The summed E-state index contributed by atoms with van der Waals surface area (Å²) in [4.78, 5) is 1.12. The molecular formula is C10H6F3NSe. The minimum atomic E-state index is -4.10. The Morgan fingerprint density at radius 1 is 1.20 bits per heavy atom. The molecule has 1 aromatic carbocycles. The van der Waals surface area contributed by atoms with Crippen LogP contribution in [0.15, 0.2) is 29.2 Å². The maximum absolute atomic E-state index is 11.8. The molecule has 0 heterocycles. The van der Waals surface area contributed by atoms with Crippen LogP contribution in [0.2, 0.25) is 0 Å². The van der Waals surface area contributed by atoms with E-state index in [2.05, 4.69) is 0 Å². The van der Waals surface area contributed by atoms with Crippen LogP contribution < -0.4 is 0 Å². The molecule has 78 valence electrons. The fourth-order valence-electron chi connectivity index (χ4n) is 0.859. The topological polar surface area (TPSA) is 23.8 Å². The van der Waals surface area contributed by atoms with Crippen molar-refractivity contribution in [2.45, 2.75) is 5.07 Å². The van der Waals surface area contributed by atoms with Gasteiger partial charge in [0.15, 0.2) is 0 Å². The van der Waals surface area contributed by atoms with E-state index in [1.807, 2.05) is 6.07 Å². The number of alkyl halides is 3. The summed E-state index contributed by atoms with van der Waals surface area (Å²) in [5.41, 5.74) is 1.16. The zero-order valence-corrected chi connectivity index (χ0v) is 9.17. The molecule has 0 atom stereocenters. The molecule has 0 unspecified atom stereocenters. The molecule has 1 rings (SSSR count). The van der Waals surface area contributed by atoms with Crippen molar-refractivity contribution in [2.75, 3.05) is 0 Å². The number of halogens is 3. The number of hydrogen-bond acceptors (Lipinski definition) is 1. The summed E-state index contributed by atoms with van der Waals surface area (Å²) >= 11 is -1.49. The first-order valence-electron chi connectivity index (χ1n) is 3.92. The molecule has 0 saturated heterocycles. The third-order valence-electron chi connectivity index (χ3n) is 1.50. The summed E-state index contributed by atoms with van der Waals surface area (Å²) in [6.07, 6.45) is 1.41. The molecule has 0 fully saturated rings. The summed E-state index contributed by atoms with van der Waals surface area (Å²) in [5, 5.41) is 4.40. The number of nitriles is 1. The van der Waals surface area contributed by atoms with Gasteiger partial charge in [-0.2, -0.15) is 0 Å². The van der Waals surface area contributed by atoms with Gasteiger partial charge in [0.1, 0.15) is 0 Å². The Kier molecular flexibility index (Phi) is 3.95. The first kappa shape index (κ1) is 11.8. The third-order valence-corrected chi connectivity index (χ3v) is 2.63. The average molecular weight is 276 g/mol. The quantitative estimate of drug-likeness (QED) is 0.762. The van der Waals surface area contributed by atoms with Gasteiger partial charge in [-0.15, -0.1) is 0 Å². The standard InChI is InChI=1S/C10H6F3NSe/c11-10(12,13)15-6-5-8-1-3-9(7-14)4-2-8/h1-6H/b6-5+. The second kappa shape index (κ2) is 5.01. The molecule has 1 aromatic rings. The molecule has 0 N–H and O–H groups in total. The van der Waals surface area contributed by atoms with Crippen molar-refractivity contribution in [2.24, 2.45) is 0 Å². The summed E-state index contributed by atoms with van der Waals surface area (Å²) in [5.74, 6) is 0. The van der Waals surface area contributed by atoms with Gasteiger partial charge in [0.05, 0.1) is 0 Å². The number of hydrogen-bond donors (Lipinski definition) is 0. The Morgan fingerprint density at radius 2 is 1.80 bits per heavy atom. The van der Waals surface area contributed by atoms with Crippen molar-refractivity contribution < 1.29 is 13.2 Å². The summed E-state index contributed by atoms with van der Waals surface area (Å²) in [6, 6.07) is 8.30. The van der Waals surface area contributed by atoms with Gasteiger partial charge in [-0.05, 0) is 0 Å². The van der Waals surface area contributed by atoms with Crippen LogP contribution in [-0.4, -0.2) is 20.0 Å². The number of rotatable bonds is 2. The van der Waals surface area contributed by atoms with Gasteiger partial charge >= 0.3 is 91.0 Å². The molecule has 0 aliphatic rings. The number of benzene rings is 1. The molecule has 0 amide bonds. The van der Waals surface area contributed by atoms with Gasteiger partial charge < -0.3 is 0 Å². The first-order valence-corrected chi connectivity index (χ1v) is 5.77. The Hall–Kier alpha value is -1.24. The normalized spacial score (nSPS) is 11.6. The second-order valence-electron chi connectivity index (χ2n) is 2.60. The SMILES string of the molecule is N#Cc1ccc(/C=C/[Se]C(F)(F)F)cc1. The van der Waals surface area contributed by atoms with E-state index in [0.717, 1.165) is 4.97 Å². The Balaban J connectivity index is 2.62. The fraction of sp³-hybridized carbons (Fsp3) is 0.100. The predicted molar refractivity (Wildman–Crippen MR) is 52.0 cm³/mol. The van der Waals surface area contributed by atoms with E-state index in [1.165, 1.54) is 6.08 Å². The van der Waals surface area contributed by atoms with Crippen LogP contribution in [-0.2, 0) is 0 Å². The van der Waals surface area contributed by atoms with Crippen molar-refractivity contribution in [1.29, 1.82) is 5.26 Å². The van der Waals surface area contributed by atoms with Crippen molar-refractivity contribution in [3.05, 3.63) is 40.4 Å². The molecule has 0 radical (unpaired) electrons. The van der Waals surface area contributed by atoms with Gasteiger partial charge in [0.25, 0.3) is 0 Å². The van der Waals surface area contributed by atoms with Crippen LogP contribution in [0.3, 0.4) is 0 Å². The number of nitrogens with zero attached hydrogens (tertiary/aromatic N) is 1. The fourth-order valence-corrected chi connectivity index (χ4v) is 1.65. The van der Waals surface area contributed by atoms with Crippen molar-refractivity contribution in [3.8, 4) is 6.07 Å². The Labute approximate surface area is 91.4 Å². The Bertz CT molecular complexity index is 387. The van der Waals surface area contributed by atoms with Crippen LogP contribution in [0, 0.1) is 11.3 Å². The second-order valence-corrected chi connectivity index (χ2v) is 4.64. The summed E-state index contributed by atoms with van der Waals surface area (Å²) in [7, 11) is 0. The zero-order chi connectivity index (χ0) is 11.3. The van der Waals surface area contributed by atoms with Crippen LogP contribution in [0.4, 0.5) is 13.2 Å². The predicted octanol–water partition coefficient (Wildman–Crippen LogP) is 2.75. The van der Waals surface area contributed by atoms with E-state index >= 15 is 0 Å². The third kappa shape index (κ3) is 4.68. The monoisotopic (exact) mass is 277 g/mol. The zero-order valence-electron chi connectivity index (χ0n) is 7.45. The van der Waals surface area contributed by atoms with Crippen LogP contribution in [0.5, 0.6) is 0 Å². The molecule has 0 aromatic heterocycles. The van der Waals surface area contributed by atoms with E-state index in [0.29, 0.717) is 11.1 Å². The van der Waals surface area contributed by atoms with Crippen molar-refractivity contribution in [3.63, 3.8) is 0 Å². The molecule has 0 spiro atoms. The van der Waals surface area contributed by atoms with Gasteiger partial charge in [-0.1, -0.05) is 0 Å². The van der Waals surface area contributed by atoms with Gasteiger partial charge in [0.2, 0.25) is 0 Å². The van der Waals surface area contributed by atoms with Gasteiger partial charge in [0, 0.05) is 0 Å². The molecule has 0 bridgehead atoms. The molecule has 0 aliphatic heterocycles. The molecule has 1 nitrogen and oxygen atoms in total. The van der Waals surface area contributed by atoms with E-state index < -0.39 is 20.0 Å². The van der Waals surface area contributed by atoms with Crippen LogP contribution >= 0.6 is 0 Å². The van der Waals surface area contributed by atoms with E-state index in [4.69, 9.17) is 5.26 Å². The van der Waals surface area contributed by atoms with Crippen molar-refractivity contribution in [1.82, 2.24) is 0 Å². The van der Waals surface area contributed by atoms with E-state index in [9.17, 15) is 13.2 Å². The molecule has 0 aliphatic carbocycles. The molecule has 15 heavy (non-hydrogen) atoms. The Morgan fingerprint density at radius 3 is 2.27 bits per heavy atom. The molecule has 0 saturated carbocycles. The average Bonchev–Trinajstić information content (AvgIpc) is 2.17.